The molecule has 1 aromatic heterocycles. The molecule has 3 aromatic carbocycles. The molecule has 41 heavy (non-hydrogen) atoms. The van der Waals surface area contributed by atoms with Gasteiger partial charge < -0.3 is 19.9 Å². The molecule has 0 bridgehead atoms. The van der Waals surface area contributed by atoms with Crippen LogP contribution in [0.1, 0.15) is 12.5 Å². The number of aromatic nitrogens is 1. The second kappa shape index (κ2) is 13.1. The van der Waals surface area contributed by atoms with Gasteiger partial charge in [-0.3, -0.25) is 14.5 Å². The molecule has 2 N–H and O–H groups in total. The van der Waals surface area contributed by atoms with Crippen molar-refractivity contribution in [1.29, 1.82) is 0 Å². The lowest BCUT2D eigenvalue weighted by molar-refractivity contribution is -0.153. The van der Waals surface area contributed by atoms with Crippen molar-refractivity contribution in [3.63, 3.8) is 0 Å². The molecule has 2 atom stereocenters. The molecule has 2 amide bonds. The van der Waals surface area contributed by atoms with E-state index in [4.69, 9.17) is 9.47 Å². The molecule has 2 unspecified atom stereocenters. The Labute approximate surface area is 248 Å². The number of amides is 2. The molecule has 2 heterocycles. The number of allylic oxidation sites excluding steroid dienone is 1. The minimum atomic E-state index is -0.968. The number of nitrogens with one attached hydrogen (secondary N) is 1. The number of carbonyl (C=O) groups is 3. The van der Waals surface area contributed by atoms with Crippen LogP contribution in [0, 0.1) is 0 Å². The van der Waals surface area contributed by atoms with Crippen molar-refractivity contribution in [3.05, 3.63) is 102 Å². The van der Waals surface area contributed by atoms with E-state index in [1.165, 1.54) is 39.8 Å². The van der Waals surface area contributed by atoms with Crippen LogP contribution in [0.25, 0.3) is 10.2 Å². The molecule has 0 aliphatic carbocycles. The van der Waals surface area contributed by atoms with E-state index in [1.807, 2.05) is 48.5 Å². The predicted octanol–water partition coefficient (Wildman–Crippen LogP) is 5.30. The normalized spacial score (nSPS) is 17.0. The maximum absolute atomic E-state index is 13.3. The van der Waals surface area contributed by atoms with Crippen LogP contribution in [0.2, 0.25) is 0 Å². The van der Waals surface area contributed by atoms with Gasteiger partial charge in [0.05, 0.1) is 10.2 Å². The molecule has 1 aliphatic heterocycles. The maximum Gasteiger partial charge on any atom is 0.358 e. The molecule has 4 aromatic rings. The van der Waals surface area contributed by atoms with Crippen molar-refractivity contribution < 1.29 is 29.0 Å². The summed E-state index contributed by atoms with van der Waals surface area (Å²) in [6.45, 7) is 0.985. The van der Waals surface area contributed by atoms with Gasteiger partial charge >= 0.3 is 5.97 Å². The highest BCUT2D eigenvalue weighted by Crippen LogP contribution is 2.45. The average molecular weight is 608 g/mol. The fraction of sp³-hybridized carbons (Fsp3) is 0.172. The van der Waals surface area contributed by atoms with E-state index in [-0.39, 0.29) is 24.7 Å². The number of esters is 1. The summed E-state index contributed by atoms with van der Waals surface area (Å²) in [7, 11) is 2.57. The lowest BCUT2D eigenvalue weighted by Gasteiger charge is -2.46. The van der Waals surface area contributed by atoms with Gasteiger partial charge in [0.25, 0.3) is 11.8 Å². The highest BCUT2D eigenvalue weighted by molar-refractivity contribution is 8.77. The van der Waals surface area contributed by atoms with E-state index in [0.29, 0.717) is 5.75 Å². The van der Waals surface area contributed by atoms with Gasteiger partial charge in [0, 0.05) is 0 Å². The maximum atomic E-state index is 13.3. The second-order valence-electron chi connectivity index (χ2n) is 8.87. The summed E-state index contributed by atoms with van der Waals surface area (Å²) < 4.78 is 12.7. The summed E-state index contributed by atoms with van der Waals surface area (Å²) in [5.74, 6) is -1.76. The van der Waals surface area contributed by atoms with Gasteiger partial charge in [-0.25, -0.2) is 9.78 Å². The molecule has 9 nitrogen and oxygen atoms in total. The summed E-state index contributed by atoms with van der Waals surface area (Å²) in [5.41, 5.74) is 1.33. The number of para-hydroxylation sites is 2. The van der Waals surface area contributed by atoms with Crippen molar-refractivity contribution in [2.24, 2.45) is 0 Å². The van der Waals surface area contributed by atoms with E-state index < -0.39 is 29.2 Å². The molecule has 0 saturated carbocycles. The molecule has 5 rings (SSSR count). The van der Waals surface area contributed by atoms with Crippen molar-refractivity contribution in [2.75, 3.05) is 6.61 Å². The molecule has 210 valence electrons. The topological polar surface area (TPSA) is 118 Å². The fourth-order valence-corrected chi connectivity index (χ4v) is 7.92. The lowest BCUT2D eigenvalue weighted by Crippen LogP contribution is -2.69. The van der Waals surface area contributed by atoms with Gasteiger partial charge in [0.2, 0.25) is 0 Å². The number of hydrogen-bond acceptors (Lipinski definition) is 10. The molecule has 0 spiro atoms. The first-order chi connectivity index (χ1) is 19.9. The Balaban J connectivity index is 1.32. The fourth-order valence-electron chi connectivity index (χ4n) is 4.00. The van der Waals surface area contributed by atoms with Crippen LogP contribution < -0.4 is 10.1 Å². The largest absolute Gasteiger partial charge is 0.510 e. The summed E-state index contributed by atoms with van der Waals surface area (Å²) in [5, 5.41) is 12.4. The van der Waals surface area contributed by atoms with E-state index in [2.05, 4.69) is 10.3 Å². The number of rotatable bonds is 11. The summed E-state index contributed by atoms with van der Waals surface area (Å²) in [4.78, 5) is 44.9. The first kappa shape index (κ1) is 28.5. The summed E-state index contributed by atoms with van der Waals surface area (Å²) >= 11 is 1.49. The lowest BCUT2D eigenvalue weighted by atomic mass is 10.1. The number of benzene rings is 3. The second-order valence-corrected chi connectivity index (χ2v) is 12.5. The van der Waals surface area contributed by atoms with Gasteiger partial charge in [0.1, 0.15) is 29.5 Å². The van der Waals surface area contributed by atoms with Crippen molar-refractivity contribution in [3.8, 4) is 5.75 Å². The number of ether oxygens (including phenoxy) is 2. The number of carbonyl (C=O) groups excluding carboxylic acids is 3. The summed E-state index contributed by atoms with van der Waals surface area (Å²) in [6, 6.07) is 24.7. The van der Waals surface area contributed by atoms with E-state index in [0.717, 1.165) is 25.0 Å². The van der Waals surface area contributed by atoms with E-state index in [9.17, 15) is 19.5 Å². The average Bonchev–Trinajstić information content (AvgIpc) is 3.41. The highest BCUT2D eigenvalue weighted by Gasteiger charge is 2.53. The van der Waals surface area contributed by atoms with E-state index >= 15 is 0 Å². The predicted molar refractivity (Wildman–Crippen MR) is 159 cm³/mol. The Morgan fingerprint density at radius 1 is 1.02 bits per heavy atom. The zero-order chi connectivity index (χ0) is 28.8. The van der Waals surface area contributed by atoms with Gasteiger partial charge in [-0.05, 0) is 47.5 Å². The number of thiazole rings is 1. The molecule has 0 radical (unpaired) electrons. The van der Waals surface area contributed by atoms with Crippen LogP contribution >= 0.6 is 32.9 Å². The Morgan fingerprint density at radius 3 is 2.41 bits per heavy atom. The number of aliphatic hydroxyl groups is 1. The Morgan fingerprint density at radius 2 is 1.71 bits per heavy atom. The number of fused-ring (bicyclic) bond motifs is 1. The summed E-state index contributed by atoms with van der Waals surface area (Å²) in [6.07, 6.45) is 0. The zero-order valence-corrected chi connectivity index (χ0v) is 24.2. The van der Waals surface area contributed by atoms with Crippen LogP contribution in [-0.2, 0) is 25.7 Å². The Kier molecular flexibility index (Phi) is 9.12. The Hall–Kier alpha value is -4.00. The Bertz CT molecular complexity index is 1540. The van der Waals surface area contributed by atoms with Crippen LogP contribution in [0.5, 0.6) is 5.75 Å². The van der Waals surface area contributed by atoms with Crippen LogP contribution in [0.15, 0.2) is 101 Å². The molecular formula is C29H25N3O6S3. The minimum Gasteiger partial charge on any atom is -0.510 e. The van der Waals surface area contributed by atoms with Gasteiger partial charge in [0.15, 0.2) is 16.6 Å². The zero-order valence-electron chi connectivity index (χ0n) is 21.8. The van der Waals surface area contributed by atoms with Crippen molar-refractivity contribution in [1.82, 2.24) is 15.2 Å². The quantitative estimate of drug-likeness (QED) is 0.0770. The van der Waals surface area contributed by atoms with Gasteiger partial charge in [-0.1, -0.05) is 71.5 Å². The molecule has 1 fully saturated rings. The van der Waals surface area contributed by atoms with Crippen LogP contribution in [0.4, 0.5) is 0 Å². The highest BCUT2D eigenvalue weighted by atomic mass is 33.1. The standard InChI is InChI=1S/C29H25N3O6S3/c1-18(33)25(28(36)38-16-19-10-4-2-5-11-19)32-26(35)24(31-23(34)17-37-20-12-6-3-7-13-20)27(32)40-41-29-30-21-14-8-9-15-22(21)39-29/h2-15,24,27,33H,16-17H2,1H3,(H,31,34)/b25-18+. The first-order valence-corrected chi connectivity index (χ1v) is 15.5. The van der Waals surface area contributed by atoms with Gasteiger partial charge in [-0.2, -0.15) is 0 Å². The SMILES string of the molecule is C/C(O)=C(/C(=O)OCc1ccccc1)N1C(=O)C(NC(=O)COc2ccccc2)C1SSc1nc2ccccc2s1. The van der Waals surface area contributed by atoms with Gasteiger partial charge in [-0.15, -0.1) is 11.3 Å². The smallest absolute Gasteiger partial charge is 0.358 e. The third-order valence-electron chi connectivity index (χ3n) is 5.95. The monoisotopic (exact) mass is 607 g/mol. The first-order valence-electron chi connectivity index (χ1n) is 12.5. The van der Waals surface area contributed by atoms with Crippen LogP contribution in [0.3, 0.4) is 0 Å². The molecule has 1 saturated heterocycles. The van der Waals surface area contributed by atoms with E-state index in [1.54, 1.807) is 36.4 Å². The molecule has 12 heteroatoms. The molecular weight excluding hydrogens is 583 g/mol. The number of β-lactam (4-membered cyclic amide) rings is 1. The number of hydrogen-bond donors (Lipinski definition) is 2. The van der Waals surface area contributed by atoms with Crippen molar-refractivity contribution in [2.45, 2.75) is 29.3 Å². The third-order valence-corrected chi connectivity index (χ3v) is 9.97. The van der Waals surface area contributed by atoms with Crippen molar-refractivity contribution >= 4 is 60.9 Å². The minimum absolute atomic E-state index is 0.0340. The van der Waals surface area contributed by atoms with Crippen LogP contribution in [-0.4, -0.2) is 50.8 Å². The molecule has 1 aliphatic rings. The number of nitrogens with zero attached hydrogens (tertiary/aromatic N) is 2. The number of likely N-dealkylation sites (tertiary alicyclic amines) is 1. The number of aliphatic hydroxyl groups excluding tert-OH is 1. The third kappa shape index (κ3) is 6.84.